The zero-order chi connectivity index (χ0) is 12.8. The van der Waals surface area contributed by atoms with Crippen molar-refractivity contribution in [3.8, 4) is 5.75 Å². The lowest BCUT2D eigenvalue weighted by Gasteiger charge is -2.26. The molecule has 0 amide bonds. The number of hydrogen-bond donors (Lipinski definition) is 2. The van der Waals surface area contributed by atoms with Crippen LogP contribution >= 0.6 is 0 Å². The first kappa shape index (κ1) is 13.4. The van der Waals surface area contributed by atoms with Crippen molar-refractivity contribution in [2.45, 2.75) is 51.0 Å². The van der Waals surface area contributed by atoms with Crippen LogP contribution in [0.1, 0.15) is 44.1 Å². The highest BCUT2D eigenvalue weighted by Gasteiger charge is 2.21. The lowest BCUT2D eigenvalue weighted by atomic mass is 9.88. The van der Waals surface area contributed by atoms with Crippen LogP contribution in [0.5, 0.6) is 5.75 Å². The Bertz CT molecular complexity index is 356. The van der Waals surface area contributed by atoms with Crippen molar-refractivity contribution >= 4 is 0 Å². The van der Waals surface area contributed by atoms with Gasteiger partial charge in [-0.05, 0) is 49.9 Å². The molecule has 0 bridgehead atoms. The van der Waals surface area contributed by atoms with Crippen LogP contribution in [-0.4, -0.2) is 18.2 Å². The number of benzene rings is 1. The van der Waals surface area contributed by atoms with Crippen LogP contribution in [0.25, 0.3) is 0 Å². The Morgan fingerprint density at radius 3 is 2.56 bits per heavy atom. The Morgan fingerprint density at radius 1 is 1.22 bits per heavy atom. The summed E-state index contributed by atoms with van der Waals surface area (Å²) in [7, 11) is 2.07. The molecule has 2 nitrogen and oxygen atoms in total. The zero-order valence-corrected chi connectivity index (χ0v) is 11.4. The molecule has 1 saturated carbocycles. The number of rotatable bonds is 4. The summed E-state index contributed by atoms with van der Waals surface area (Å²) in [6.07, 6.45) is 9.29. The topological polar surface area (TPSA) is 32.3 Å². The highest BCUT2D eigenvalue weighted by molar-refractivity contribution is 5.27. The molecule has 1 aliphatic rings. The van der Waals surface area contributed by atoms with Gasteiger partial charge in [-0.25, -0.2) is 0 Å². The maximum atomic E-state index is 9.53. The monoisotopic (exact) mass is 247 g/mol. The zero-order valence-electron chi connectivity index (χ0n) is 11.4. The van der Waals surface area contributed by atoms with Gasteiger partial charge in [0.25, 0.3) is 0 Å². The van der Waals surface area contributed by atoms with Crippen molar-refractivity contribution < 1.29 is 5.11 Å². The van der Waals surface area contributed by atoms with Gasteiger partial charge >= 0.3 is 0 Å². The van der Waals surface area contributed by atoms with Crippen molar-refractivity contribution in [2.75, 3.05) is 7.05 Å². The van der Waals surface area contributed by atoms with E-state index in [9.17, 15) is 5.11 Å². The third-order valence-electron chi connectivity index (χ3n) is 4.21. The average Bonchev–Trinajstić information content (AvgIpc) is 2.65. The van der Waals surface area contributed by atoms with Crippen molar-refractivity contribution in [1.82, 2.24) is 5.32 Å². The maximum absolute atomic E-state index is 9.53. The van der Waals surface area contributed by atoms with Gasteiger partial charge in [-0.3, -0.25) is 0 Å². The quantitative estimate of drug-likeness (QED) is 0.798. The Kier molecular flexibility index (Phi) is 5.06. The van der Waals surface area contributed by atoms with Gasteiger partial charge in [-0.2, -0.15) is 0 Å². The normalized spacial score (nSPS) is 19.4. The minimum Gasteiger partial charge on any atom is -0.508 e. The molecular formula is C16H25NO. The average molecular weight is 247 g/mol. The summed E-state index contributed by atoms with van der Waals surface area (Å²) >= 11 is 0. The number of nitrogens with one attached hydrogen (secondary N) is 1. The van der Waals surface area contributed by atoms with Gasteiger partial charge in [0, 0.05) is 6.04 Å². The van der Waals surface area contributed by atoms with E-state index < -0.39 is 0 Å². The summed E-state index contributed by atoms with van der Waals surface area (Å²) in [6.45, 7) is 0. The highest BCUT2D eigenvalue weighted by atomic mass is 16.3. The minimum atomic E-state index is 0.378. The summed E-state index contributed by atoms with van der Waals surface area (Å²) in [5.74, 6) is 1.17. The second-order valence-electron chi connectivity index (χ2n) is 5.52. The molecule has 0 saturated heterocycles. The fraction of sp³-hybridized carbons (Fsp3) is 0.625. The van der Waals surface area contributed by atoms with Crippen LogP contribution in [0.3, 0.4) is 0 Å². The predicted molar refractivity (Wildman–Crippen MR) is 75.9 cm³/mol. The number of likely N-dealkylation sites (N-methyl/N-ethyl adjacent to an activating group) is 1. The molecule has 2 heteroatoms. The molecule has 1 atom stereocenters. The van der Waals surface area contributed by atoms with E-state index >= 15 is 0 Å². The van der Waals surface area contributed by atoms with Crippen LogP contribution in [0.4, 0.5) is 0 Å². The Labute approximate surface area is 110 Å². The van der Waals surface area contributed by atoms with E-state index in [0.29, 0.717) is 11.8 Å². The van der Waals surface area contributed by atoms with Crippen molar-refractivity contribution in [1.29, 1.82) is 0 Å². The molecule has 1 aromatic carbocycles. The third-order valence-corrected chi connectivity index (χ3v) is 4.21. The van der Waals surface area contributed by atoms with Gasteiger partial charge in [0.1, 0.15) is 5.75 Å². The second-order valence-corrected chi connectivity index (χ2v) is 5.52. The van der Waals surface area contributed by atoms with Gasteiger partial charge in [0.15, 0.2) is 0 Å². The molecule has 2 rings (SSSR count). The molecule has 1 aromatic rings. The van der Waals surface area contributed by atoms with Crippen LogP contribution in [0, 0.1) is 5.92 Å². The van der Waals surface area contributed by atoms with Crippen LogP contribution < -0.4 is 5.32 Å². The Balaban J connectivity index is 1.99. The fourth-order valence-corrected chi connectivity index (χ4v) is 3.16. The van der Waals surface area contributed by atoms with E-state index in [0.717, 1.165) is 12.3 Å². The molecule has 0 aromatic heterocycles. The van der Waals surface area contributed by atoms with Crippen molar-refractivity contribution in [3.05, 3.63) is 29.8 Å². The van der Waals surface area contributed by atoms with E-state index in [-0.39, 0.29) is 0 Å². The van der Waals surface area contributed by atoms with Crippen molar-refractivity contribution in [3.63, 3.8) is 0 Å². The first-order valence-electron chi connectivity index (χ1n) is 7.25. The highest BCUT2D eigenvalue weighted by Crippen LogP contribution is 2.27. The largest absolute Gasteiger partial charge is 0.508 e. The second kappa shape index (κ2) is 6.79. The lowest BCUT2D eigenvalue weighted by Crippen LogP contribution is -2.35. The summed E-state index contributed by atoms with van der Waals surface area (Å²) in [6, 6.07) is 8.22. The molecule has 1 aliphatic carbocycles. The minimum absolute atomic E-state index is 0.378. The summed E-state index contributed by atoms with van der Waals surface area (Å²) in [5, 5.41) is 13.0. The smallest absolute Gasteiger partial charge is 0.115 e. The summed E-state index contributed by atoms with van der Waals surface area (Å²) in [5.41, 5.74) is 1.23. The van der Waals surface area contributed by atoms with Gasteiger partial charge in [-0.15, -0.1) is 0 Å². The van der Waals surface area contributed by atoms with Crippen LogP contribution in [0.15, 0.2) is 24.3 Å². The molecule has 1 fully saturated rings. The molecular weight excluding hydrogens is 222 g/mol. The molecule has 0 radical (unpaired) electrons. The first-order valence-corrected chi connectivity index (χ1v) is 7.25. The summed E-state index contributed by atoms with van der Waals surface area (Å²) < 4.78 is 0. The molecule has 0 aliphatic heterocycles. The van der Waals surface area contributed by atoms with Gasteiger partial charge in [-0.1, -0.05) is 37.8 Å². The maximum Gasteiger partial charge on any atom is 0.115 e. The van der Waals surface area contributed by atoms with E-state index in [1.165, 1.54) is 44.1 Å². The molecule has 2 N–H and O–H groups in total. The van der Waals surface area contributed by atoms with E-state index in [1.807, 2.05) is 12.1 Å². The number of aromatic hydroxyl groups is 1. The van der Waals surface area contributed by atoms with Gasteiger partial charge in [0.2, 0.25) is 0 Å². The molecule has 18 heavy (non-hydrogen) atoms. The summed E-state index contributed by atoms with van der Waals surface area (Å²) in [4.78, 5) is 0. The number of phenols is 1. The van der Waals surface area contributed by atoms with E-state index in [4.69, 9.17) is 0 Å². The molecule has 0 heterocycles. The first-order chi connectivity index (χ1) is 8.79. The standard InChI is InChI=1S/C16H25NO/c1-17-16(14-8-4-2-3-5-9-14)12-13-7-6-10-15(18)11-13/h6-7,10-11,14,16-18H,2-5,8-9,12H2,1H3. The molecule has 1 unspecified atom stereocenters. The number of phenolic OH excluding ortho intramolecular Hbond substituents is 1. The van der Waals surface area contributed by atoms with Crippen molar-refractivity contribution in [2.24, 2.45) is 5.92 Å². The Morgan fingerprint density at radius 2 is 1.94 bits per heavy atom. The van der Waals surface area contributed by atoms with E-state index in [1.54, 1.807) is 6.07 Å². The van der Waals surface area contributed by atoms with Crippen LogP contribution in [0.2, 0.25) is 0 Å². The molecule has 100 valence electrons. The fourth-order valence-electron chi connectivity index (χ4n) is 3.16. The lowest BCUT2D eigenvalue weighted by molar-refractivity contribution is 0.332. The number of hydrogen-bond acceptors (Lipinski definition) is 2. The van der Waals surface area contributed by atoms with Gasteiger partial charge < -0.3 is 10.4 Å². The van der Waals surface area contributed by atoms with Gasteiger partial charge in [0.05, 0.1) is 0 Å². The molecule has 0 spiro atoms. The SMILES string of the molecule is CNC(Cc1cccc(O)c1)C1CCCCCC1. The van der Waals surface area contributed by atoms with Crippen LogP contribution in [-0.2, 0) is 6.42 Å². The predicted octanol–water partition coefficient (Wildman–Crippen LogP) is 3.49. The Hall–Kier alpha value is -1.02. The van der Waals surface area contributed by atoms with E-state index in [2.05, 4.69) is 18.4 Å². The third kappa shape index (κ3) is 3.74.